The Kier molecular flexibility index (Phi) is 10.8. The van der Waals surface area contributed by atoms with Gasteiger partial charge in [0.1, 0.15) is 6.04 Å². The first-order chi connectivity index (χ1) is 19.4. The molecule has 0 saturated carbocycles. The van der Waals surface area contributed by atoms with Crippen molar-refractivity contribution in [1.29, 1.82) is 0 Å². The molecule has 0 radical (unpaired) electrons. The summed E-state index contributed by atoms with van der Waals surface area (Å²) in [6.07, 6.45) is 5.49. The molecule has 212 valence electrons. The fraction of sp³-hybridized carbons (Fsp3) is 0.394. The molecule has 4 rings (SSSR count). The predicted octanol–water partition coefficient (Wildman–Crippen LogP) is 5.82. The summed E-state index contributed by atoms with van der Waals surface area (Å²) in [7, 11) is 1.76. The molecular formula is C33H40N2O4S. The van der Waals surface area contributed by atoms with Crippen molar-refractivity contribution in [3.05, 3.63) is 95.1 Å². The Balaban J connectivity index is 1.65. The van der Waals surface area contributed by atoms with Crippen LogP contribution in [-0.2, 0) is 22.5 Å². The van der Waals surface area contributed by atoms with E-state index in [9.17, 15) is 14.7 Å². The van der Waals surface area contributed by atoms with Gasteiger partial charge in [-0.05, 0) is 84.6 Å². The molecule has 40 heavy (non-hydrogen) atoms. The van der Waals surface area contributed by atoms with Crippen molar-refractivity contribution < 1.29 is 19.4 Å². The van der Waals surface area contributed by atoms with Gasteiger partial charge in [-0.1, -0.05) is 60.7 Å². The average molecular weight is 561 g/mol. The molecule has 1 heterocycles. The number of aryl methyl sites for hydroxylation is 1. The van der Waals surface area contributed by atoms with E-state index in [4.69, 9.17) is 4.74 Å². The summed E-state index contributed by atoms with van der Waals surface area (Å²) in [5.74, 6) is -0.721. The monoisotopic (exact) mass is 560 g/mol. The number of carboxylic acid groups (broad SMARTS) is 1. The smallest absolute Gasteiger partial charge is 0.326 e. The molecule has 7 heteroatoms. The number of benzene rings is 3. The number of thioether (sulfide) groups is 1. The van der Waals surface area contributed by atoms with Gasteiger partial charge >= 0.3 is 5.97 Å². The van der Waals surface area contributed by atoms with Crippen LogP contribution in [0.5, 0.6) is 0 Å². The second-order valence-electron chi connectivity index (χ2n) is 10.5. The van der Waals surface area contributed by atoms with Crippen molar-refractivity contribution in [2.75, 3.05) is 25.7 Å². The van der Waals surface area contributed by atoms with Crippen LogP contribution in [-0.4, -0.2) is 65.7 Å². The molecule has 1 fully saturated rings. The van der Waals surface area contributed by atoms with Crippen molar-refractivity contribution >= 4 is 23.6 Å². The van der Waals surface area contributed by atoms with Crippen molar-refractivity contribution in [3.8, 4) is 11.1 Å². The highest BCUT2D eigenvalue weighted by Crippen LogP contribution is 2.32. The van der Waals surface area contributed by atoms with Crippen molar-refractivity contribution in [1.82, 2.24) is 10.2 Å². The largest absolute Gasteiger partial charge is 0.480 e. The summed E-state index contributed by atoms with van der Waals surface area (Å²) in [6, 6.07) is 24.4. The molecule has 1 aliphatic heterocycles. The van der Waals surface area contributed by atoms with Crippen LogP contribution in [0.25, 0.3) is 11.1 Å². The van der Waals surface area contributed by atoms with E-state index < -0.39 is 12.0 Å². The van der Waals surface area contributed by atoms with E-state index in [1.54, 1.807) is 18.9 Å². The Morgan fingerprint density at radius 2 is 1.73 bits per heavy atom. The molecule has 3 aromatic carbocycles. The number of likely N-dealkylation sites (tertiary alicyclic amines) is 1. The topological polar surface area (TPSA) is 78.9 Å². The lowest BCUT2D eigenvalue weighted by Gasteiger charge is -2.30. The van der Waals surface area contributed by atoms with Crippen LogP contribution in [0.1, 0.15) is 46.3 Å². The predicted molar refractivity (Wildman–Crippen MR) is 163 cm³/mol. The molecule has 2 N–H and O–H groups in total. The zero-order valence-electron chi connectivity index (χ0n) is 23.6. The van der Waals surface area contributed by atoms with Gasteiger partial charge in [0.25, 0.3) is 5.91 Å². The van der Waals surface area contributed by atoms with Crippen LogP contribution in [0.15, 0.2) is 72.8 Å². The maximum Gasteiger partial charge on any atom is 0.326 e. The molecule has 6 nitrogen and oxygen atoms in total. The molecule has 1 amide bonds. The summed E-state index contributed by atoms with van der Waals surface area (Å²) in [5.41, 5.74) is 5.80. The molecule has 3 aromatic rings. The summed E-state index contributed by atoms with van der Waals surface area (Å²) in [4.78, 5) is 27.9. The van der Waals surface area contributed by atoms with E-state index in [2.05, 4.69) is 46.6 Å². The number of carbonyl (C=O) groups is 2. The van der Waals surface area contributed by atoms with Gasteiger partial charge in [0.15, 0.2) is 0 Å². The number of hydrogen-bond acceptors (Lipinski definition) is 5. The number of carboxylic acids is 1. The lowest BCUT2D eigenvalue weighted by Crippen LogP contribution is -2.41. The van der Waals surface area contributed by atoms with Gasteiger partial charge in [-0.15, -0.1) is 0 Å². The number of aliphatic carboxylic acids is 1. The standard InChI is InChI=1S/C33H40N2O4S/c1-23-9-7-8-12-28(23)30-20-25(13-16-29(30)32(36)34-31(33(37)38)17-18-40-3)21-35-26(14-15-27(35)22-39-2)19-24-10-5-4-6-11-24/h4-13,16,20,26-27,31H,14-15,17-19,21-22H2,1-3H3,(H,34,36)(H,37,38). The summed E-state index contributed by atoms with van der Waals surface area (Å²) >= 11 is 1.56. The highest BCUT2D eigenvalue weighted by molar-refractivity contribution is 7.98. The summed E-state index contributed by atoms with van der Waals surface area (Å²) < 4.78 is 5.59. The van der Waals surface area contributed by atoms with Crippen LogP contribution >= 0.6 is 11.8 Å². The first-order valence-corrected chi connectivity index (χ1v) is 15.3. The number of amides is 1. The van der Waals surface area contributed by atoms with Crippen LogP contribution in [0.3, 0.4) is 0 Å². The third-order valence-electron chi connectivity index (χ3n) is 7.79. The Morgan fingerprint density at radius 1 is 1.00 bits per heavy atom. The summed E-state index contributed by atoms with van der Waals surface area (Å²) in [5, 5.41) is 12.5. The normalized spacial score (nSPS) is 18.0. The molecule has 3 atom stereocenters. The average Bonchev–Trinajstić information content (AvgIpc) is 3.32. The van der Waals surface area contributed by atoms with E-state index >= 15 is 0 Å². The lowest BCUT2D eigenvalue weighted by atomic mass is 9.93. The number of methoxy groups -OCH3 is 1. The fourth-order valence-corrected chi connectivity index (χ4v) is 6.15. The molecule has 0 aromatic heterocycles. The molecule has 1 aliphatic rings. The number of rotatable bonds is 13. The number of carbonyl (C=O) groups excluding carboxylic acids is 1. The maximum absolute atomic E-state index is 13.5. The first kappa shape index (κ1) is 29.8. The van der Waals surface area contributed by atoms with Gasteiger partial charge in [0.2, 0.25) is 0 Å². The maximum atomic E-state index is 13.5. The molecule has 1 saturated heterocycles. The van der Waals surface area contributed by atoms with Gasteiger partial charge in [-0.25, -0.2) is 4.79 Å². The minimum Gasteiger partial charge on any atom is -0.480 e. The third-order valence-corrected chi connectivity index (χ3v) is 8.43. The Morgan fingerprint density at radius 3 is 2.42 bits per heavy atom. The highest BCUT2D eigenvalue weighted by Gasteiger charge is 2.33. The molecular weight excluding hydrogens is 520 g/mol. The van der Waals surface area contributed by atoms with Crippen LogP contribution < -0.4 is 5.32 Å². The van der Waals surface area contributed by atoms with Gasteiger partial charge in [-0.3, -0.25) is 9.69 Å². The van der Waals surface area contributed by atoms with E-state index in [-0.39, 0.29) is 5.91 Å². The third kappa shape index (κ3) is 7.53. The van der Waals surface area contributed by atoms with Crippen molar-refractivity contribution in [3.63, 3.8) is 0 Å². The fourth-order valence-electron chi connectivity index (χ4n) is 5.68. The Labute approximate surface area is 242 Å². The number of nitrogens with one attached hydrogen (secondary N) is 1. The SMILES string of the molecule is COCC1CCC(Cc2ccccc2)N1Cc1ccc(C(=O)NC(CCSC)C(=O)O)c(-c2ccccc2C)c1. The van der Waals surface area contributed by atoms with Crippen molar-refractivity contribution in [2.24, 2.45) is 0 Å². The van der Waals surface area contributed by atoms with Gasteiger partial charge < -0.3 is 15.2 Å². The number of ether oxygens (including phenoxy) is 1. The molecule has 0 aliphatic carbocycles. The minimum absolute atomic E-state index is 0.330. The Bertz CT molecular complexity index is 1280. The summed E-state index contributed by atoms with van der Waals surface area (Å²) in [6.45, 7) is 3.47. The quantitative estimate of drug-likeness (QED) is 0.274. The number of nitrogens with zero attached hydrogens (tertiary/aromatic N) is 1. The van der Waals surface area contributed by atoms with E-state index in [0.717, 1.165) is 48.1 Å². The highest BCUT2D eigenvalue weighted by atomic mass is 32.2. The second-order valence-corrected chi connectivity index (χ2v) is 11.5. The van der Waals surface area contributed by atoms with E-state index in [1.165, 1.54) is 5.56 Å². The molecule has 0 bridgehead atoms. The lowest BCUT2D eigenvalue weighted by molar-refractivity contribution is -0.139. The second kappa shape index (κ2) is 14.5. The van der Waals surface area contributed by atoms with Crippen LogP contribution in [0, 0.1) is 6.92 Å². The van der Waals surface area contributed by atoms with Crippen LogP contribution in [0.4, 0.5) is 0 Å². The van der Waals surface area contributed by atoms with Crippen LogP contribution in [0.2, 0.25) is 0 Å². The minimum atomic E-state index is -1.01. The molecule has 3 unspecified atom stereocenters. The van der Waals surface area contributed by atoms with E-state index in [0.29, 0.717) is 36.4 Å². The Hall–Kier alpha value is -3.13. The van der Waals surface area contributed by atoms with Gasteiger partial charge in [0.05, 0.1) is 6.61 Å². The number of hydrogen-bond donors (Lipinski definition) is 2. The van der Waals surface area contributed by atoms with Gasteiger partial charge in [0, 0.05) is 31.3 Å². The van der Waals surface area contributed by atoms with E-state index in [1.807, 2.05) is 49.6 Å². The first-order valence-electron chi connectivity index (χ1n) is 13.9. The van der Waals surface area contributed by atoms with Crippen molar-refractivity contribution in [2.45, 2.75) is 57.3 Å². The zero-order valence-corrected chi connectivity index (χ0v) is 24.5. The van der Waals surface area contributed by atoms with Gasteiger partial charge in [-0.2, -0.15) is 11.8 Å². The zero-order chi connectivity index (χ0) is 28.5. The molecule has 0 spiro atoms.